The summed E-state index contributed by atoms with van der Waals surface area (Å²) in [4.78, 5) is 31.2. The number of benzene rings is 2. The third kappa shape index (κ3) is 5.79. The molecule has 0 unspecified atom stereocenters. The Kier molecular flexibility index (Phi) is 9.23. The highest BCUT2D eigenvalue weighted by Gasteiger charge is 2.32. The molecule has 2 amide bonds. The van der Waals surface area contributed by atoms with Crippen molar-refractivity contribution in [3.8, 4) is 5.69 Å². The zero-order valence-corrected chi connectivity index (χ0v) is 23.4. The van der Waals surface area contributed by atoms with Crippen molar-refractivity contribution in [2.24, 2.45) is 5.73 Å². The number of hydrogen-bond acceptors (Lipinski definition) is 4. The van der Waals surface area contributed by atoms with Gasteiger partial charge in [-0.25, -0.2) is 4.68 Å². The summed E-state index contributed by atoms with van der Waals surface area (Å²) in [6.45, 7) is 8.36. The van der Waals surface area contributed by atoms with Crippen LogP contribution in [-0.2, 0) is 13.0 Å². The maximum atomic E-state index is 14.1. The van der Waals surface area contributed by atoms with Crippen molar-refractivity contribution in [3.05, 3.63) is 81.6 Å². The molecule has 1 aliphatic heterocycles. The zero-order chi connectivity index (χ0) is 27.2. The van der Waals surface area contributed by atoms with E-state index in [-0.39, 0.29) is 17.9 Å². The molecule has 0 saturated heterocycles. The molecule has 0 radical (unpaired) electrons. The van der Waals surface area contributed by atoms with Gasteiger partial charge in [0.2, 0.25) is 0 Å². The second-order valence-corrected chi connectivity index (χ2v) is 10.4. The molecule has 4 rings (SSSR count). The highest BCUT2D eigenvalue weighted by Crippen LogP contribution is 2.30. The van der Waals surface area contributed by atoms with Crippen LogP contribution in [0.25, 0.3) is 5.69 Å². The Balaban J connectivity index is 1.69. The van der Waals surface area contributed by atoms with Crippen LogP contribution in [0.15, 0.2) is 48.5 Å². The predicted molar refractivity (Wildman–Crippen MR) is 152 cm³/mol. The molecule has 3 aromatic rings. The predicted octanol–water partition coefficient (Wildman–Crippen LogP) is 5.40. The first kappa shape index (κ1) is 27.9. The van der Waals surface area contributed by atoms with Gasteiger partial charge >= 0.3 is 0 Å². The van der Waals surface area contributed by atoms with E-state index in [0.29, 0.717) is 54.6 Å². The third-order valence-corrected chi connectivity index (χ3v) is 7.59. The minimum atomic E-state index is -0.189. The van der Waals surface area contributed by atoms with Gasteiger partial charge in [-0.05, 0) is 55.5 Å². The summed E-state index contributed by atoms with van der Waals surface area (Å²) >= 11 is 6.68. The van der Waals surface area contributed by atoms with Crippen LogP contribution >= 0.6 is 11.6 Å². The van der Waals surface area contributed by atoms with E-state index < -0.39 is 0 Å². The molecule has 0 bridgehead atoms. The van der Waals surface area contributed by atoms with Crippen LogP contribution < -0.4 is 5.73 Å². The van der Waals surface area contributed by atoms with Gasteiger partial charge in [-0.15, -0.1) is 0 Å². The Bertz CT molecular complexity index is 1280. The van der Waals surface area contributed by atoms with Crippen molar-refractivity contribution >= 4 is 23.4 Å². The SMILES string of the molecule is CCCCN(CCCC)C(=O)c1cc(C)n(-c2cccc(Cl)c2C(=O)N2Cc3ccccc3C[C@H]2CN)n1. The summed E-state index contributed by atoms with van der Waals surface area (Å²) in [5.74, 6) is -0.273. The van der Waals surface area contributed by atoms with Gasteiger partial charge in [0, 0.05) is 37.9 Å². The van der Waals surface area contributed by atoms with Crippen molar-refractivity contribution in [1.82, 2.24) is 19.6 Å². The summed E-state index contributed by atoms with van der Waals surface area (Å²) in [6, 6.07) is 15.2. The minimum absolute atomic E-state index is 0.0838. The average molecular weight is 536 g/mol. The average Bonchev–Trinajstić information content (AvgIpc) is 3.32. The third-order valence-electron chi connectivity index (χ3n) is 7.28. The number of nitrogens with zero attached hydrogens (tertiary/aromatic N) is 4. The van der Waals surface area contributed by atoms with E-state index in [9.17, 15) is 9.59 Å². The van der Waals surface area contributed by atoms with Gasteiger partial charge in [0.15, 0.2) is 5.69 Å². The molecule has 1 aliphatic rings. The quantitative estimate of drug-likeness (QED) is 0.376. The van der Waals surface area contributed by atoms with E-state index in [4.69, 9.17) is 22.4 Å². The zero-order valence-electron chi connectivity index (χ0n) is 22.6. The van der Waals surface area contributed by atoms with Crippen LogP contribution in [0.2, 0.25) is 5.02 Å². The number of amides is 2. The van der Waals surface area contributed by atoms with Gasteiger partial charge < -0.3 is 15.5 Å². The molecule has 202 valence electrons. The molecule has 7 nitrogen and oxygen atoms in total. The minimum Gasteiger partial charge on any atom is -0.337 e. The van der Waals surface area contributed by atoms with E-state index in [1.807, 2.05) is 41.0 Å². The number of unbranched alkanes of at least 4 members (excludes halogenated alkanes) is 2. The standard InChI is InChI=1S/C30H38ClN5O2/c1-4-6-15-34(16-7-5-2)29(37)26-17-21(3)36(33-26)27-14-10-13-25(31)28(27)30(38)35-20-23-12-9-8-11-22(23)18-24(35)19-32/h8-14,17,24H,4-7,15-16,18-20,32H2,1-3H3/t24-/m0/s1. The van der Waals surface area contributed by atoms with Gasteiger partial charge in [0.05, 0.1) is 16.3 Å². The van der Waals surface area contributed by atoms with E-state index in [1.165, 1.54) is 5.56 Å². The van der Waals surface area contributed by atoms with Crippen molar-refractivity contribution in [1.29, 1.82) is 0 Å². The van der Waals surface area contributed by atoms with E-state index in [0.717, 1.165) is 36.9 Å². The maximum Gasteiger partial charge on any atom is 0.274 e. The number of aromatic nitrogens is 2. The van der Waals surface area contributed by atoms with E-state index in [1.54, 1.807) is 22.9 Å². The molecule has 38 heavy (non-hydrogen) atoms. The molecule has 2 heterocycles. The second kappa shape index (κ2) is 12.6. The number of nitrogens with two attached hydrogens (primary N) is 1. The molecule has 0 aliphatic carbocycles. The summed E-state index contributed by atoms with van der Waals surface area (Å²) in [7, 11) is 0. The summed E-state index contributed by atoms with van der Waals surface area (Å²) in [5, 5.41) is 5.04. The summed E-state index contributed by atoms with van der Waals surface area (Å²) in [5.41, 5.74) is 10.5. The number of carbonyl (C=O) groups excluding carboxylic acids is 2. The second-order valence-electron chi connectivity index (χ2n) is 10.0. The fourth-order valence-electron chi connectivity index (χ4n) is 5.08. The fraction of sp³-hybridized carbons (Fsp3) is 0.433. The lowest BCUT2D eigenvalue weighted by atomic mass is 9.93. The normalized spacial score (nSPS) is 14.9. The van der Waals surface area contributed by atoms with Gasteiger partial charge in [-0.1, -0.05) is 68.6 Å². The molecular weight excluding hydrogens is 498 g/mol. The number of fused-ring (bicyclic) bond motifs is 1. The molecular formula is C30H38ClN5O2. The smallest absolute Gasteiger partial charge is 0.274 e. The molecule has 8 heteroatoms. The molecule has 0 saturated carbocycles. The van der Waals surface area contributed by atoms with Crippen molar-refractivity contribution in [3.63, 3.8) is 0 Å². The summed E-state index contributed by atoms with van der Waals surface area (Å²) < 4.78 is 1.67. The van der Waals surface area contributed by atoms with E-state index >= 15 is 0 Å². The molecule has 2 N–H and O–H groups in total. The van der Waals surface area contributed by atoms with Gasteiger partial charge in [0.25, 0.3) is 11.8 Å². The van der Waals surface area contributed by atoms with Crippen LogP contribution in [0.1, 0.15) is 77.2 Å². The van der Waals surface area contributed by atoms with Crippen LogP contribution in [0, 0.1) is 6.92 Å². The first-order valence-electron chi connectivity index (χ1n) is 13.6. The number of rotatable bonds is 10. The number of carbonyl (C=O) groups is 2. The first-order valence-corrected chi connectivity index (χ1v) is 14.0. The number of hydrogen-bond donors (Lipinski definition) is 1. The highest BCUT2D eigenvalue weighted by molar-refractivity contribution is 6.34. The molecule has 0 fully saturated rings. The first-order chi connectivity index (χ1) is 18.4. The largest absolute Gasteiger partial charge is 0.337 e. The van der Waals surface area contributed by atoms with Crippen LogP contribution in [-0.4, -0.2) is 57.1 Å². The Morgan fingerprint density at radius 2 is 1.74 bits per heavy atom. The van der Waals surface area contributed by atoms with Crippen LogP contribution in [0.3, 0.4) is 0 Å². The van der Waals surface area contributed by atoms with E-state index in [2.05, 4.69) is 19.9 Å². The lowest BCUT2D eigenvalue weighted by molar-refractivity contribution is 0.0647. The Morgan fingerprint density at radius 3 is 2.39 bits per heavy atom. The maximum absolute atomic E-state index is 14.1. The monoisotopic (exact) mass is 535 g/mol. The molecule has 1 atom stereocenters. The summed E-state index contributed by atoms with van der Waals surface area (Å²) in [6.07, 6.45) is 4.62. The Hall–Kier alpha value is -3.16. The Morgan fingerprint density at radius 1 is 1.05 bits per heavy atom. The Labute approximate surface area is 230 Å². The van der Waals surface area contributed by atoms with Gasteiger partial charge in [-0.2, -0.15) is 5.10 Å². The number of halogens is 1. The van der Waals surface area contributed by atoms with Crippen LogP contribution in [0.5, 0.6) is 0 Å². The topological polar surface area (TPSA) is 84.5 Å². The lowest BCUT2D eigenvalue weighted by Crippen LogP contribution is -2.48. The van der Waals surface area contributed by atoms with Crippen molar-refractivity contribution in [2.45, 2.75) is 65.5 Å². The van der Waals surface area contributed by atoms with Crippen molar-refractivity contribution in [2.75, 3.05) is 19.6 Å². The van der Waals surface area contributed by atoms with Crippen molar-refractivity contribution < 1.29 is 9.59 Å². The highest BCUT2D eigenvalue weighted by atomic mass is 35.5. The lowest BCUT2D eigenvalue weighted by Gasteiger charge is -2.37. The number of aryl methyl sites for hydroxylation is 1. The molecule has 2 aromatic carbocycles. The van der Waals surface area contributed by atoms with Gasteiger partial charge in [-0.3, -0.25) is 9.59 Å². The van der Waals surface area contributed by atoms with Gasteiger partial charge in [0.1, 0.15) is 0 Å². The molecule has 0 spiro atoms. The van der Waals surface area contributed by atoms with Crippen LogP contribution in [0.4, 0.5) is 0 Å². The fourth-order valence-corrected chi connectivity index (χ4v) is 5.33. The molecule has 1 aromatic heterocycles.